The predicted octanol–water partition coefficient (Wildman–Crippen LogP) is 3.13. The molecule has 1 aliphatic heterocycles. The standard InChI is InChI=1S/C21H20F2N4O3/c1-13-6-11-24-26-17(13)15-4-2-14(3-5-15)16(28)12-27-18(29)20(25-19(27)30)7-9-21(22,23)10-8-20/h2-6,11H,7-10,12H2,1H3,(H,25,30). The first-order valence-corrected chi connectivity index (χ1v) is 9.65. The van der Waals surface area contributed by atoms with Gasteiger partial charge in [0.2, 0.25) is 5.92 Å². The van der Waals surface area contributed by atoms with Gasteiger partial charge in [0, 0.05) is 30.2 Å². The third kappa shape index (κ3) is 3.55. The number of urea groups is 1. The number of alkyl halides is 2. The van der Waals surface area contributed by atoms with Gasteiger partial charge < -0.3 is 5.32 Å². The average Bonchev–Trinajstić information content (AvgIpc) is 2.95. The molecule has 7 nitrogen and oxygen atoms in total. The molecule has 30 heavy (non-hydrogen) atoms. The summed E-state index contributed by atoms with van der Waals surface area (Å²) in [5.41, 5.74) is 1.42. The highest BCUT2D eigenvalue weighted by Crippen LogP contribution is 2.41. The first-order chi connectivity index (χ1) is 14.2. The van der Waals surface area contributed by atoms with E-state index in [1.807, 2.05) is 13.0 Å². The molecule has 1 N–H and O–H groups in total. The van der Waals surface area contributed by atoms with E-state index >= 15 is 0 Å². The van der Waals surface area contributed by atoms with Crippen LogP contribution in [0.1, 0.15) is 41.6 Å². The summed E-state index contributed by atoms with van der Waals surface area (Å²) in [6.07, 6.45) is 0.381. The molecule has 1 aromatic heterocycles. The van der Waals surface area contributed by atoms with Crippen LogP contribution < -0.4 is 5.32 Å². The van der Waals surface area contributed by atoms with Gasteiger partial charge in [-0.2, -0.15) is 10.2 Å². The van der Waals surface area contributed by atoms with Crippen LogP contribution in [0.25, 0.3) is 11.3 Å². The number of amides is 3. The summed E-state index contributed by atoms with van der Waals surface area (Å²) in [5.74, 6) is -3.86. The molecule has 1 aromatic carbocycles. The zero-order valence-corrected chi connectivity index (χ0v) is 16.3. The van der Waals surface area contributed by atoms with Crippen LogP contribution in [0.5, 0.6) is 0 Å². The largest absolute Gasteiger partial charge is 0.325 e. The van der Waals surface area contributed by atoms with E-state index in [-0.39, 0.29) is 12.8 Å². The molecule has 1 aliphatic carbocycles. The second-order valence-corrected chi connectivity index (χ2v) is 7.82. The molecule has 3 amide bonds. The van der Waals surface area contributed by atoms with Gasteiger partial charge in [0.05, 0.1) is 12.2 Å². The Hall–Kier alpha value is -3.23. The fourth-order valence-electron chi connectivity index (χ4n) is 3.93. The zero-order chi connectivity index (χ0) is 21.5. The summed E-state index contributed by atoms with van der Waals surface area (Å²) >= 11 is 0. The van der Waals surface area contributed by atoms with Crippen LogP contribution in [0, 0.1) is 6.92 Å². The lowest BCUT2D eigenvalue weighted by molar-refractivity contribution is -0.135. The van der Waals surface area contributed by atoms with E-state index < -0.39 is 48.6 Å². The van der Waals surface area contributed by atoms with Crippen molar-refractivity contribution < 1.29 is 23.2 Å². The number of hydrogen-bond donors (Lipinski definition) is 1. The molecule has 0 bridgehead atoms. The SMILES string of the molecule is Cc1ccnnc1-c1ccc(C(=O)CN2C(=O)NC3(CCC(F)(F)CC3)C2=O)cc1. The molecule has 2 aliphatic rings. The fourth-order valence-corrected chi connectivity index (χ4v) is 3.93. The molecule has 2 fully saturated rings. The number of nitrogens with zero attached hydrogens (tertiary/aromatic N) is 3. The fraction of sp³-hybridized carbons (Fsp3) is 0.381. The number of Topliss-reactive ketones (excluding diaryl/α,β-unsaturated/α-hetero) is 1. The summed E-state index contributed by atoms with van der Waals surface area (Å²) in [4.78, 5) is 38.6. The number of carbonyl (C=O) groups excluding carboxylic acids is 3. The van der Waals surface area contributed by atoms with Crippen molar-refractivity contribution in [1.29, 1.82) is 0 Å². The molecule has 0 radical (unpaired) electrons. The van der Waals surface area contributed by atoms with Crippen LogP contribution in [0.15, 0.2) is 36.5 Å². The van der Waals surface area contributed by atoms with Gasteiger partial charge in [-0.15, -0.1) is 0 Å². The Labute approximate surface area is 171 Å². The van der Waals surface area contributed by atoms with Crippen molar-refractivity contribution in [1.82, 2.24) is 20.4 Å². The maximum Gasteiger partial charge on any atom is 0.325 e. The zero-order valence-electron chi connectivity index (χ0n) is 16.3. The number of carbonyl (C=O) groups is 3. The highest BCUT2D eigenvalue weighted by molar-refractivity contribution is 6.11. The van der Waals surface area contributed by atoms with Gasteiger partial charge >= 0.3 is 6.03 Å². The van der Waals surface area contributed by atoms with Gasteiger partial charge in [-0.3, -0.25) is 14.5 Å². The maximum absolute atomic E-state index is 13.5. The number of benzene rings is 1. The molecule has 0 atom stereocenters. The number of rotatable bonds is 4. The van der Waals surface area contributed by atoms with E-state index in [0.717, 1.165) is 16.0 Å². The molecule has 1 saturated heterocycles. The molecule has 2 aromatic rings. The summed E-state index contributed by atoms with van der Waals surface area (Å²) in [6.45, 7) is 1.46. The normalized spacial score (nSPS) is 19.8. The van der Waals surface area contributed by atoms with Crippen LogP contribution in [-0.2, 0) is 4.79 Å². The number of halogens is 2. The molecule has 2 heterocycles. The average molecular weight is 414 g/mol. The number of aryl methyl sites for hydroxylation is 1. The van der Waals surface area contributed by atoms with Crippen LogP contribution >= 0.6 is 0 Å². The quantitative estimate of drug-likeness (QED) is 0.613. The van der Waals surface area contributed by atoms with Gasteiger partial charge in [0.25, 0.3) is 5.91 Å². The van der Waals surface area contributed by atoms with E-state index in [9.17, 15) is 23.2 Å². The van der Waals surface area contributed by atoms with Gasteiger partial charge in [0.15, 0.2) is 5.78 Å². The summed E-state index contributed by atoms with van der Waals surface area (Å²) in [7, 11) is 0. The van der Waals surface area contributed by atoms with E-state index in [2.05, 4.69) is 15.5 Å². The topological polar surface area (TPSA) is 92.3 Å². The lowest BCUT2D eigenvalue weighted by Gasteiger charge is -2.34. The number of nitrogens with one attached hydrogen (secondary N) is 1. The number of hydrogen-bond acceptors (Lipinski definition) is 5. The lowest BCUT2D eigenvalue weighted by atomic mass is 9.80. The molecule has 9 heteroatoms. The Morgan fingerprint density at radius 1 is 1.10 bits per heavy atom. The Kier molecular flexibility index (Phi) is 4.83. The molecular formula is C21H20F2N4O3. The highest BCUT2D eigenvalue weighted by atomic mass is 19.3. The first kappa shape index (κ1) is 20.1. The third-order valence-electron chi connectivity index (χ3n) is 5.79. The number of imide groups is 1. The van der Waals surface area contributed by atoms with Crippen molar-refractivity contribution in [2.45, 2.75) is 44.1 Å². The van der Waals surface area contributed by atoms with Crippen molar-refractivity contribution in [3.05, 3.63) is 47.7 Å². The third-order valence-corrected chi connectivity index (χ3v) is 5.79. The van der Waals surface area contributed by atoms with Crippen molar-refractivity contribution in [3.63, 3.8) is 0 Å². The molecule has 1 spiro atoms. The molecule has 156 valence electrons. The summed E-state index contributed by atoms with van der Waals surface area (Å²) in [5, 5.41) is 10.5. The summed E-state index contributed by atoms with van der Waals surface area (Å²) in [6, 6.07) is 7.75. The Morgan fingerprint density at radius 2 is 1.77 bits per heavy atom. The predicted molar refractivity (Wildman–Crippen MR) is 103 cm³/mol. The number of aromatic nitrogens is 2. The highest BCUT2D eigenvalue weighted by Gasteiger charge is 2.55. The Balaban J connectivity index is 1.47. The molecular weight excluding hydrogens is 394 g/mol. The second kappa shape index (κ2) is 7.23. The van der Waals surface area contributed by atoms with E-state index in [4.69, 9.17) is 0 Å². The minimum atomic E-state index is -2.83. The molecule has 0 unspecified atom stereocenters. The van der Waals surface area contributed by atoms with E-state index in [1.165, 1.54) is 0 Å². The monoisotopic (exact) mass is 414 g/mol. The van der Waals surface area contributed by atoms with Crippen molar-refractivity contribution in [2.24, 2.45) is 0 Å². The smallest absolute Gasteiger partial charge is 0.323 e. The Morgan fingerprint density at radius 3 is 2.40 bits per heavy atom. The van der Waals surface area contributed by atoms with E-state index in [0.29, 0.717) is 11.3 Å². The maximum atomic E-state index is 13.5. The van der Waals surface area contributed by atoms with Gasteiger partial charge in [-0.1, -0.05) is 24.3 Å². The van der Waals surface area contributed by atoms with Crippen molar-refractivity contribution >= 4 is 17.7 Å². The van der Waals surface area contributed by atoms with Crippen LogP contribution in [0.2, 0.25) is 0 Å². The van der Waals surface area contributed by atoms with Crippen molar-refractivity contribution in [3.8, 4) is 11.3 Å². The molecule has 4 rings (SSSR count). The minimum absolute atomic E-state index is 0.137. The van der Waals surface area contributed by atoms with Gasteiger partial charge in [-0.25, -0.2) is 13.6 Å². The van der Waals surface area contributed by atoms with Gasteiger partial charge in [-0.05, 0) is 31.4 Å². The lowest BCUT2D eigenvalue weighted by Crippen LogP contribution is -2.51. The van der Waals surface area contributed by atoms with Crippen molar-refractivity contribution in [2.75, 3.05) is 6.54 Å². The van der Waals surface area contributed by atoms with Crippen LogP contribution in [0.4, 0.5) is 13.6 Å². The van der Waals surface area contributed by atoms with E-state index in [1.54, 1.807) is 30.5 Å². The number of ketones is 1. The van der Waals surface area contributed by atoms with Crippen LogP contribution in [0.3, 0.4) is 0 Å². The minimum Gasteiger partial charge on any atom is -0.323 e. The Bertz CT molecular complexity index is 1010. The van der Waals surface area contributed by atoms with Crippen LogP contribution in [-0.4, -0.2) is 50.8 Å². The second-order valence-electron chi connectivity index (χ2n) is 7.82. The van der Waals surface area contributed by atoms with Gasteiger partial charge in [0.1, 0.15) is 5.54 Å². The first-order valence-electron chi connectivity index (χ1n) is 9.65. The molecule has 1 saturated carbocycles. The summed E-state index contributed by atoms with van der Waals surface area (Å²) < 4.78 is 26.9.